The SMILES string of the molecule is Cc1c(N2CC(N)C(N3C[C@H](N)[C@H](C4CC4)C3)C2)c(F)cn2c(=O)c(C(=O)O)cc(C3CC3)c12. The van der Waals surface area contributed by atoms with Gasteiger partial charge in [-0.25, -0.2) is 9.18 Å². The highest BCUT2D eigenvalue weighted by Crippen LogP contribution is 2.45. The molecule has 0 amide bonds. The summed E-state index contributed by atoms with van der Waals surface area (Å²) in [5.74, 6) is -0.353. The van der Waals surface area contributed by atoms with E-state index < -0.39 is 17.3 Å². The Kier molecular flexibility index (Phi) is 5.02. The lowest BCUT2D eigenvalue weighted by molar-refractivity contribution is 0.0694. The molecule has 2 unspecified atom stereocenters. The third kappa shape index (κ3) is 3.44. The number of likely N-dealkylation sites (tertiary alicyclic amines) is 1. The largest absolute Gasteiger partial charge is 0.477 e. The van der Waals surface area contributed by atoms with Crippen LogP contribution in [0.4, 0.5) is 10.1 Å². The van der Waals surface area contributed by atoms with Crippen LogP contribution in [-0.4, -0.2) is 64.7 Å². The Bertz CT molecular complexity index is 1240. The van der Waals surface area contributed by atoms with Gasteiger partial charge in [0.1, 0.15) is 5.56 Å². The van der Waals surface area contributed by atoms with Crippen molar-refractivity contribution in [3.63, 3.8) is 0 Å². The number of aryl methyl sites for hydroxylation is 1. The summed E-state index contributed by atoms with van der Waals surface area (Å²) >= 11 is 0. The van der Waals surface area contributed by atoms with Crippen LogP contribution in [0.15, 0.2) is 17.1 Å². The van der Waals surface area contributed by atoms with Crippen molar-refractivity contribution in [1.29, 1.82) is 0 Å². The fraction of sp³-hybridized carbons (Fsp3) is 0.600. The van der Waals surface area contributed by atoms with E-state index in [4.69, 9.17) is 11.5 Å². The molecule has 2 saturated heterocycles. The molecule has 34 heavy (non-hydrogen) atoms. The summed E-state index contributed by atoms with van der Waals surface area (Å²) in [7, 11) is 0. The van der Waals surface area contributed by atoms with Crippen LogP contribution in [0, 0.1) is 24.6 Å². The average Bonchev–Trinajstić information content (AvgIpc) is 3.70. The van der Waals surface area contributed by atoms with Gasteiger partial charge in [-0.15, -0.1) is 0 Å². The van der Waals surface area contributed by atoms with E-state index in [1.807, 2.05) is 11.8 Å². The smallest absolute Gasteiger partial charge is 0.341 e. The predicted molar refractivity (Wildman–Crippen MR) is 127 cm³/mol. The first-order valence-electron chi connectivity index (χ1n) is 12.4. The molecule has 5 N–H and O–H groups in total. The van der Waals surface area contributed by atoms with Crippen LogP contribution < -0.4 is 21.9 Å². The molecule has 0 bridgehead atoms. The maximum Gasteiger partial charge on any atom is 0.341 e. The summed E-state index contributed by atoms with van der Waals surface area (Å²) in [6.45, 7) is 4.74. The third-order valence-corrected chi connectivity index (χ3v) is 8.48. The average molecular weight is 470 g/mol. The Morgan fingerprint density at radius 2 is 1.82 bits per heavy atom. The Morgan fingerprint density at radius 1 is 1.09 bits per heavy atom. The Hall–Kier alpha value is -2.49. The van der Waals surface area contributed by atoms with Gasteiger partial charge < -0.3 is 21.5 Å². The number of hydrogen-bond donors (Lipinski definition) is 3. The van der Waals surface area contributed by atoms with E-state index in [9.17, 15) is 14.7 Å². The molecule has 4 heterocycles. The van der Waals surface area contributed by atoms with Crippen LogP contribution >= 0.6 is 0 Å². The number of carbonyl (C=O) groups is 1. The van der Waals surface area contributed by atoms with Gasteiger partial charge in [0.15, 0.2) is 5.82 Å². The van der Waals surface area contributed by atoms with E-state index in [0.29, 0.717) is 35.8 Å². The molecule has 4 aliphatic rings. The van der Waals surface area contributed by atoms with Crippen molar-refractivity contribution in [2.75, 3.05) is 31.1 Å². The summed E-state index contributed by atoms with van der Waals surface area (Å²) in [6, 6.07) is 1.64. The number of aromatic carboxylic acids is 1. The van der Waals surface area contributed by atoms with Gasteiger partial charge in [-0.2, -0.15) is 0 Å². The highest BCUT2D eigenvalue weighted by molar-refractivity contribution is 5.89. The summed E-state index contributed by atoms with van der Waals surface area (Å²) in [6.07, 6.45) is 5.57. The molecular formula is C25H32FN5O3. The fourth-order valence-corrected chi connectivity index (χ4v) is 6.45. The summed E-state index contributed by atoms with van der Waals surface area (Å²) in [5.41, 5.74) is 14.6. The molecule has 2 aromatic heterocycles. The number of carboxylic acid groups (broad SMARTS) is 1. The molecule has 9 heteroatoms. The number of pyridine rings is 2. The molecule has 4 atom stereocenters. The molecule has 182 valence electrons. The van der Waals surface area contributed by atoms with Crippen LogP contribution in [0.25, 0.3) is 5.52 Å². The molecule has 2 aliphatic carbocycles. The Balaban J connectivity index is 1.37. The lowest BCUT2D eigenvalue weighted by Crippen LogP contribution is -2.46. The quantitative estimate of drug-likeness (QED) is 0.608. The zero-order valence-electron chi connectivity index (χ0n) is 19.4. The molecule has 2 aliphatic heterocycles. The van der Waals surface area contributed by atoms with E-state index in [1.54, 1.807) is 0 Å². The van der Waals surface area contributed by atoms with E-state index in [0.717, 1.165) is 43.6 Å². The van der Waals surface area contributed by atoms with Crippen molar-refractivity contribution in [1.82, 2.24) is 9.30 Å². The minimum Gasteiger partial charge on any atom is -0.477 e. The van der Waals surface area contributed by atoms with Gasteiger partial charge in [0.05, 0.1) is 17.4 Å². The monoisotopic (exact) mass is 469 g/mol. The number of hydrogen-bond acceptors (Lipinski definition) is 6. The minimum absolute atomic E-state index is 0.101. The van der Waals surface area contributed by atoms with Crippen molar-refractivity contribution >= 4 is 17.2 Å². The second-order valence-electron chi connectivity index (χ2n) is 10.8. The lowest BCUT2D eigenvalue weighted by atomic mass is 9.99. The van der Waals surface area contributed by atoms with E-state index in [-0.39, 0.29) is 29.6 Å². The third-order valence-electron chi connectivity index (χ3n) is 8.48. The van der Waals surface area contributed by atoms with Gasteiger partial charge in [0, 0.05) is 44.3 Å². The second kappa shape index (κ2) is 7.76. The van der Waals surface area contributed by atoms with Crippen LogP contribution in [0.3, 0.4) is 0 Å². The van der Waals surface area contributed by atoms with E-state index in [2.05, 4.69) is 4.90 Å². The zero-order chi connectivity index (χ0) is 23.9. The zero-order valence-corrected chi connectivity index (χ0v) is 19.4. The molecule has 2 saturated carbocycles. The Labute approximate surface area is 197 Å². The highest BCUT2D eigenvalue weighted by Gasteiger charge is 2.46. The maximum atomic E-state index is 15.5. The van der Waals surface area contributed by atoms with Gasteiger partial charge in [-0.05, 0) is 67.6 Å². The number of nitrogens with two attached hydrogens (primary N) is 2. The van der Waals surface area contributed by atoms with Crippen molar-refractivity contribution in [3.8, 4) is 0 Å². The lowest BCUT2D eigenvalue weighted by Gasteiger charge is -2.27. The number of halogens is 1. The number of rotatable bonds is 5. The van der Waals surface area contributed by atoms with Gasteiger partial charge in [-0.3, -0.25) is 14.1 Å². The van der Waals surface area contributed by atoms with Crippen molar-refractivity contribution in [2.45, 2.75) is 56.7 Å². The molecular weight excluding hydrogens is 437 g/mol. The Morgan fingerprint density at radius 3 is 2.47 bits per heavy atom. The van der Waals surface area contributed by atoms with Crippen LogP contribution in [0.1, 0.15) is 53.1 Å². The normalized spacial score (nSPS) is 29.9. The molecule has 4 fully saturated rings. The molecule has 8 nitrogen and oxygen atoms in total. The first-order chi connectivity index (χ1) is 16.2. The highest BCUT2D eigenvalue weighted by atomic mass is 19.1. The van der Waals surface area contributed by atoms with Crippen molar-refractivity contribution in [2.24, 2.45) is 23.3 Å². The van der Waals surface area contributed by atoms with Gasteiger partial charge in [-0.1, -0.05) is 0 Å². The first-order valence-corrected chi connectivity index (χ1v) is 12.4. The van der Waals surface area contributed by atoms with Gasteiger partial charge >= 0.3 is 5.97 Å². The van der Waals surface area contributed by atoms with Gasteiger partial charge in [0.25, 0.3) is 5.56 Å². The number of nitrogens with zero attached hydrogens (tertiary/aromatic N) is 3. The predicted octanol–water partition coefficient (Wildman–Crippen LogP) is 1.51. The molecule has 0 spiro atoms. The maximum absolute atomic E-state index is 15.5. The van der Waals surface area contributed by atoms with Gasteiger partial charge in [0.2, 0.25) is 0 Å². The number of fused-ring (bicyclic) bond motifs is 1. The first kappa shape index (κ1) is 22.0. The molecule has 2 aromatic rings. The number of aromatic nitrogens is 1. The van der Waals surface area contributed by atoms with E-state index in [1.165, 1.54) is 23.3 Å². The van der Waals surface area contributed by atoms with Crippen molar-refractivity contribution < 1.29 is 14.3 Å². The van der Waals surface area contributed by atoms with Crippen LogP contribution in [0.2, 0.25) is 0 Å². The van der Waals surface area contributed by atoms with Crippen LogP contribution in [0.5, 0.6) is 0 Å². The summed E-state index contributed by atoms with van der Waals surface area (Å²) in [5, 5.41) is 9.51. The summed E-state index contributed by atoms with van der Waals surface area (Å²) < 4.78 is 16.7. The topological polar surface area (TPSA) is 117 Å². The number of anilines is 1. The molecule has 0 radical (unpaired) electrons. The van der Waals surface area contributed by atoms with Crippen LogP contribution in [-0.2, 0) is 0 Å². The van der Waals surface area contributed by atoms with E-state index >= 15 is 4.39 Å². The molecule has 0 aromatic carbocycles. The standard InChI is InChI=1S/C25H32FN5O3/c1-12-22-15(13-2-3-13)6-16(25(33)34)24(32)31(22)8-18(26)23(12)30-10-20(28)21(11-30)29-7-17(14-4-5-14)19(27)9-29/h6,8,13-14,17,19-21H,2-5,7,9-11,27-28H2,1H3,(H,33,34)/t17-,19-,20?,21?/m0/s1. The number of carboxylic acids is 1. The minimum atomic E-state index is -1.29. The fourth-order valence-electron chi connectivity index (χ4n) is 6.45. The second-order valence-corrected chi connectivity index (χ2v) is 10.8. The van der Waals surface area contributed by atoms with Crippen molar-refractivity contribution in [3.05, 3.63) is 45.1 Å². The summed E-state index contributed by atoms with van der Waals surface area (Å²) in [4.78, 5) is 28.9. The molecule has 6 rings (SSSR count).